The fraction of sp³-hybridized carbons (Fsp3) is 0.222. The van der Waals surface area contributed by atoms with Gasteiger partial charge in [0.1, 0.15) is 12.7 Å². The lowest BCUT2D eigenvalue weighted by atomic mass is 9.99. The zero-order valence-electron chi connectivity index (χ0n) is 13.7. The van der Waals surface area contributed by atoms with Gasteiger partial charge in [0.25, 0.3) is 0 Å². The van der Waals surface area contributed by atoms with E-state index in [9.17, 15) is 13.2 Å². The summed E-state index contributed by atoms with van der Waals surface area (Å²) in [6.07, 6.45) is 0.958. The van der Waals surface area contributed by atoms with Crippen LogP contribution < -0.4 is 9.25 Å². The summed E-state index contributed by atoms with van der Waals surface area (Å²) in [6, 6.07) is 9.70. The van der Waals surface area contributed by atoms with E-state index in [1.54, 1.807) is 34.9 Å². The zero-order valence-corrected chi connectivity index (χ0v) is 13.7. The van der Waals surface area contributed by atoms with Crippen LogP contribution in [-0.2, 0) is 20.3 Å². The smallest absolute Gasteiger partial charge is 0.201 e. The van der Waals surface area contributed by atoms with Gasteiger partial charge in [-0.25, -0.2) is 4.57 Å². The van der Waals surface area contributed by atoms with Crippen molar-refractivity contribution < 1.29 is 22.4 Å². The maximum atomic E-state index is 13.4. The van der Waals surface area contributed by atoms with Gasteiger partial charge in [0.2, 0.25) is 5.69 Å². The topological polar surface area (TPSA) is 12.7 Å². The summed E-state index contributed by atoms with van der Waals surface area (Å²) in [5.74, 6) is 0. The Bertz CT molecular complexity index is 895. The van der Waals surface area contributed by atoms with Crippen molar-refractivity contribution in [2.24, 2.45) is 14.1 Å². The first-order valence-corrected chi connectivity index (χ1v) is 7.49. The first-order chi connectivity index (χ1) is 11.3. The van der Waals surface area contributed by atoms with E-state index in [2.05, 4.69) is 0 Å². The molecule has 0 aliphatic heterocycles. The molecule has 3 rings (SSSR count). The standard InChI is InChI=1S/C18H18F3N3/c1-13-15(16-7-4-5-8-22(16)2)11-14(18(19,20)21)12-17(13)24-10-6-9-23(24)3/h4-12H,1-3H3/q+2. The summed E-state index contributed by atoms with van der Waals surface area (Å²) in [7, 11) is 3.62. The van der Waals surface area contributed by atoms with Gasteiger partial charge in [0.05, 0.1) is 17.3 Å². The Kier molecular flexibility index (Phi) is 3.91. The largest absolute Gasteiger partial charge is 0.416 e. The average Bonchev–Trinajstić information content (AvgIpc) is 2.93. The van der Waals surface area contributed by atoms with Crippen LogP contribution in [0.15, 0.2) is 55.0 Å². The van der Waals surface area contributed by atoms with Gasteiger partial charge in [-0.05, 0) is 30.7 Å². The molecule has 0 spiro atoms. The third-order valence-corrected chi connectivity index (χ3v) is 4.15. The maximum absolute atomic E-state index is 13.4. The number of halogens is 3. The molecule has 3 aromatic rings. The van der Waals surface area contributed by atoms with Crippen molar-refractivity contribution in [3.8, 4) is 16.9 Å². The minimum Gasteiger partial charge on any atom is -0.201 e. The number of hydrogen-bond donors (Lipinski definition) is 0. The highest BCUT2D eigenvalue weighted by molar-refractivity contribution is 5.67. The molecule has 2 aromatic heterocycles. The summed E-state index contributed by atoms with van der Waals surface area (Å²) in [5.41, 5.74) is 1.94. The van der Waals surface area contributed by atoms with E-state index in [-0.39, 0.29) is 0 Å². The molecule has 0 unspecified atom stereocenters. The second kappa shape index (κ2) is 5.78. The van der Waals surface area contributed by atoms with E-state index in [4.69, 9.17) is 0 Å². The number of aromatic nitrogens is 3. The van der Waals surface area contributed by atoms with Gasteiger partial charge in [-0.1, -0.05) is 0 Å². The molecule has 2 heterocycles. The third-order valence-electron chi connectivity index (χ3n) is 4.15. The van der Waals surface area contributed by atoms with Crippen LogP contribution in [0.2, 0.25) is 0 Å². The molecule has 24 heavy (non-hydrogen) atoms. The fourth-order valence-corrected chi connectivity index (χ4v) is 2.84. The van der Waals surface area contributed by atoms with Crippen LogP contribution in [0.25, 0.3) is 16.9 Å². The van der Waals surface area contributed by atoms with E-state index in [1.165, 1.54) is 12.1 Å². The number of rotatable bonds is 2. The van der Waals surface area contributed by atoms with Gasteiger partial charge < -0.3 is 0 Å². The van der Waals surface area contributed by atoms with E-state index in [0.717, 1.165) is 11.3 Å². The van der Waals surface area contributed by atoms with E-state index in [1.807, 2.05) is 42.9 Å². The van der Waals surface area contributed by atoms with Crippen LogP contribution in [0.5, 0.6) is 0 Å². The number of alkyl halides is 3. The Morgan fingerprint density at radius 3 is 2.33 bits per heavy atom. The molecule has 0 bridgehead atoms. The average molecular weight is 333 g/mol. The van der Waals surface area contributed by atoms with Gasteiger partial charge in [0, 0.05) is 18.2 Å². The number of pyridine rings is 1. The van der Waals surface area contributed by atoms with Crippen molar-refractivity contribution in [1.82, 2.24) is 4.68 Å². The van der Waals surface area contributed by atoms with Crippen molar-refractivity contribution in [3.05, 3.63) is 66.1 Å². The molecule has 0 N–H and O–H groups in total. The van der Waals surface area contributed by atoms with Gasteiger partial charge in [0.15, 0.2) is 19.4 Å². The summed E-state index contributed by atoms with van der Waals surface area (Å²) in [6.45, 7) is 1.85. The molecule has 124 valence electrons. The zero-order chi connectivity index (χ0) is 17.5. The van der Waals surface area contributed by atoms with Gasteiger partial charge in [-0.2, -0.15) is 13.2 Å². The second-order valence-corrected chi connectivity index (χ2v) is 5.77. The summed E-state index contributed by atoms with van der Waals surface area (Å²) in [4.78, 5) is 0. The summed E-state index contributed by atoms with van der Waals surface area (Å²) < 4.78 is 45.5. The summed E-state index contributed by atoms with van der Waals surface area (Å²) in [5, 5.41) is 0. The van der Waals surface area contributed by atoms with Crippen molar-refractivity contribution in [3.63, 3.8) is 0 Å². The lowest BCUT2D eigenvalue weighted by molar-refractivity contribution is -0.744. The van der Waals surface area contributed by atoms with E-state index < -0.39 is 11.7 Å². The highest BCUT2D eigenvalue weighted by Crippen LogP contribution is 2.35. The van der Waals surface area contributed by atoms with Crippen LogP contribution in [0.3, 0.4) is 0 Å². The molecule has 3 nitrogen and oxygen atoms in total. The molecule has 0 atom stereocenters. The predicted octanol–water partition coefficient (Wildman–Crippen LogP) is 3.12. The molecular formula is C18H18F3N3+2. The Labute approximate surface area is 138 Å². The van der Waals surface area contributed by atoms with Crippen LogP contribution in [0.4, 0.5) is 13.2 Å². The van der Waals surface area contributed by atoms with Crippen molar-refractivity contribution in [2.45, 2.75) is 13.1 Å². The quantitative estimate of drug-likeness (QED) is 0.639. The summed E-state index contributed by atoms with van der Waals surface area (Å²) >= 11 is 0. The third kappa shape index (κ3) is 2.79. The predicted molar refractivity (Wildman–Crippen MR) is 83.3 cm³/mol. The fourth-order valence-electron chi connectivity index (χ4n) is 2.84. The Balaban J connectivity index is 2.34. The van der Waals surface area contributed by atoms with Gasteiger partial charge >= 0.3 is 6.18 Å². The van der Waals surface area contributed by atoms with Crippen molar-refractivity contribution >= 4 is 0 Å². The van der Waals surface area contributed by atoms with Crippen LogP contribution >= 0.6 is 0 Å². The van der Waals surface area contributed by atoms with Crippen molar-refractivity contribution in [1.29, 1.82) is 0 Å². The number of aryl methyl sites for hydroxylation is 2. The highest BCUT2D eigenvalue weighted by atomic mass is 19.4. The number of hydrogen-bond acceptors (Lipinski definition) is 0. The van der Waals surface area contributed by atoms with Gasteiger partial charge in [-0.3, -0.25) is 0 Å². The Morgan fingerprint density at radius 1 is 1.00 bits per heavy atom. The molecule has 6 heteroatoms. The second-order valence-electron chi connectivity index (χ2n) is 5.77. The van der Waals surface area contributed by atoms with E-state index in [0.29, 0.717) is 11.3 Å². The minimum atomic E-state index is -4.41. The number of nitrogens with zero attached hydrogens (tertiary/aromatic N) is 3. The van der Waals surface area contributed by atoms with Crippen LogP contribution in [0, 0.1) is 6.92 Å². The molecule has 0 saturated carbocycles. The molecule has 0 aliphatic carbocycles. The highest BCUT2D eigenvalue weighted by Gasteiger charge is 2.33. The molecule has 1 aromatic carbocycles. The Morgan fingerprint density at radius 2 is 1.75 bits per heavy atom. The Hall–Kier alpha value is -2.63. The van der Waals surface area contributed by atoms with E-state index >= 15 is 0 Å². The molecule has 0 amide bonds. The van der Waals surface area contributed by atoms with Gasteiger partial charge in [-0.15, -0.1) is 9.36 Å². The molecule has 0 aliphatic rings. The molecule has 0 saturated heterocycles. The SMILES string of the molecule is Cc1c(-c2cccc[n+]2C)cc(C(F)(F)F)cc1-n1ccc[n+]1C. The lowest BCUT2D eigenvalue weighted by Crippen LogP contribution is -2.37. The molecule has 0 fully saturated rings. The minimum absolute atomic E-state index is 0.510. The van der Waals surface area contributed by atoms with Crippen LogP contribution in [-0.4, -0.2) is 4.68 Å². The first-order valence-electron chi connectivity index (χ1n) is 7.49. The maximum Gasteiger partial charge on any atom is 0.416 e. The molecular weight excluding hydrogens is 315 g/mol. The lowest BCUT2D eigenvalue weighted by Gasteiger charge is -2.14. The van der Waals surface area contributed by atoms with Crippen molar-refractivity contribution in [2.75, 3.05) is 0 Å². The van der Waals surface area contributed by atoms with Crippen LogP contribution in [0.1, 0.15) is 11.1 Å². The first kappa shape index (κ1) is 16.2. The monoisotopic (exact) mass is 333 g/mol. The number of benzene rings is 1. The molecule has 0 radical (unpaired) electrons. The normalized spacial score (nSPS) is 11.8.